The first-order valence-electron chi connectivity index (χ1n) is 9.57. The van der Waals surface area contributed by atoms with E-state index in [0.717, 1.165) is 35.8 Å². The van der Waals surface area contributed by atoms with E-state index in [-0.39, 0.29) is 12.5 Å². The Balaban J connectivity index is 1.61. The molecule has 0 saturated carbocycles. The van der Waals surface area contributed by atoms with Gasteiger partial charge in [-0.05, 0) is 29.7 Å². The van der Waals surface area contributed by atoms with Crippen molar-refractivity contribution in [2.24, 2.45) is 4.99 Å². The largest absolute Gasteiger partial charge is 0.497 e. The topological polar surface area (TPSA) is 75.1 Å². The van der Waals surface area contributed by atoms with Gasteiger partial charge in [0.1, 0.15) is 5.75 Å². The Hall–Kier alpha value is -2.57. The summed E-state index contributed by atoms with van der Waals surface area (Å²) < 4.78 is 10.9. The Morgan fingerprint density at radius 2 is 1.82 bits per heavy atom. The molecule has 0 aromatic heterocycles. The van der Waals surface area contributed by atoms with Gasteiger partial charge in [-0.15, -0.1) is 0 Å². The molecule has 2 aromatic rings. The fourth-order valence-corrected chi connectivity index (χ4v) is 2.75. The molecule has 0 aliphatic rings. The molecule has 0 saturated heterocycles. The Labute approximate surface area is 167 Å². The number of nitrogens with one attached hydrogen (secondary N) is 2. The normalized spacial score (nSPS) is 12.5. The summed E-state index contributed by atoms with van der Waals surface area (Å²) in [5.41, 5.74) is 2.24. The van der Waals surface area contributed by atoms with E-state index in [2.05, 4.69) is 15.6 Å². The maximum absolute atomic E-state index is 9.64. The van der Waals surface area contributed by atoms with Crippen LogP contribution in [-0.4, -0.2) is 51.5 Å². The Morgan fingerprint density at radius 3 is 2.46 bits per heavy atom. The molecule has 0 heterocycles. The highest BCUT2D eigenvalue weighted by Crippen LogP contribution is 2.13. The molecule has 6 nitrogen and oxygen atoms in total. The first-order valence-corrected chi connectivity index (χ1v) is 9.57. The van der Waals surface area contributed by atoms with Gasteiger partial charge < -0.3 is 25.2 Å². The first-order chi connectivity index (χ1) is 13.8. The van der Waals surface area contributed by atoms with Gasteiger partial charge in [-0.3, -0.25) is 4.99 Å². The fraction of sp³-hybridized carbons (Fsp3) is 0.409. The minimum atomic E-state index is 0.0348. The van der Waals surface area contributed by atoms with Gasteiger partial charge in [0.25, 0.3) is 0 Å². The minimum Gasteiger partial charge on any atom is -0.497 e. The summed E-state index contributed by atoms with van der Waals surface area (Å²) in [5.74, 6) is 1.61. The van der Waals surface area contributed by atoms with Crippen LogP contribution in [0.4, 0.5) is 0 Å². The predicted octanol–water partition coefficient (Wildman–Crippen LogP) is 2.54. The third kappa shape index (κ3) is 7.58. The van der Waals surface area contributed by atoms with Crippen LogP contribution in [0.5, 0.6) is 5.75 Å². The standard InChI is InChI=1S/C22H31N3O3/c1-23-22(25-15-20(16-26)19-7-4-3-5-8-19)24-13-6-14-28-17-18-9-11-21(27-2)12-10-18/h3-5,7-12,20,26H,6,13-17H2,1-2H3,(H2,23,24,25). The number of guanidine groups is 1. The lowest BCUT2D eigenvalue weighted by atomic mass is 10.0. The molecule has 0 aliphatic heterocycles. The van der Waals surface area contributed by atoms with E-state index >= 15 is 0 Å². The van der Waals surface area contributed by atoms with Crippen molar-refractivity contribution in [3.05, 3.63) is 65.7 Å². The zero-order valence-electron chi connectivity index (χ0n) is 16.7. The van der Waals surface area contributed by atoms with E-state index in [1.54, 1.807) is 14.2 Å². The van der Waals surface area contributed by atoms with Crippen LogP contribution in [-0.2, 0) is 11.3 Å². The zero-order chi connectivity index (χ0) is 20.0. The van der Waals surface area contributed by atoms with Crippen molar-refractivity contribution in [2.75, 3.05) is 40.5 Å². The highest BCUT2D eigenvalue weighted by atomic mass is 16.5. The summed E-state index contributed by atoms with van der Waals surface area (Å²) in [6.07, 6.45) is 0.874. The molecule has 0 radical (unpaired) electrons. The van der Waals surface area contributed by atoms with Gasteiger partial charge in [0.2, 0.25) is 0 Å². The molecule has 1 unspecified atom stereocenters. The quantitative estimate of drug-likeness (QED) is 0.315. The third-order valence-electron chi connectivity index (χ3n) is 4.42. The highest BCUT2D eigenvalue weighted by molar-refractivity contribution is 5.79. The van der Waals surface area contributed by atoms with Gasteiger partial charge in [-0.1, -0.05) is 42.5 Å². The number of hydrogen-bond acceptors (Lipinski definition) is 4. The third-order valence-corrected chi connectivity index (χ3v) is 4.42. The number of nitrogens with zero attached hydrogens (tertiary/aromatic N) is 1. The molecular formula is C22H31N3O3. The highest BCUT2D eigenvalue weighted by Gasteiger charge is 2.10. The predicted molar refractivity (Wildman–Crippen MR) is 113 cm³/mol. The van der Waals surface area contributed by atoms with Crippen LogP contribution in [0.25, 0.3) is 0 Å². The summed E-state index contributed by atoms with van der Waals surface area (Å²) in [7, 11) is 3.40. The second-order valence-corrected chi connectivity index (χ2v) is 6.42. The molecule has 3 N–H and O–H groups in total. The summed E-state index contributed by atoms with van der Waals surface area (Å²) in [6, 6.07) is 17.9. The van der Waals surface area contributed by atoms with Crippen LogP contribution >= 0.6 is 0 Å². The molecule has 2 rings (SSSR count). The zero-order valence-corrected chi connectivity index (χ0v) is 16.7. The minimum absolute atomic E-state index is 0.0348. The van der Waals surface area contributed by atoms with E-state index < -0.39 is 0 Å². The Bertz CT molecular complexity index is 690. The molecule has 0 amide bonds. The maximum Gasteiger partial charge on any atom is 0.191 e. The smallest absolute Gasteiger partial charge is 0.191 e. The summed E-state index contributed by atoms with van der Waals surface area (Å²) in [4.78, 5) is 4.23. The lowest BCUT2D eigenvalue weighted by Gasteiger charge is -2.18. The van der Waals surface area contributed by atoms with Crippen LogP contribution in [0.3, 0.4) is 0 Å². The number of aliphatic hydroxyl groups is 1. The lowest BCUT2D eigenvalue weighted by molar-refractivity contribution is 0.119. The molecule has 1 atom stereocenters. The van der Waals surface area contributed by atoms with Crippen molar-refractivity contribution in [1.82, 2.24) is 10.6 Å². The monoisotopic (exact) mass is 385 g/mol. The summed E-state index contributed by atoms with van der Waals surface area (Å²) in [5, 5.41) is 16.2. The molecule has 0 spiro atoms. The number of ether oxygens (including phenoxy) is 2. The lowest BCUT2D eigenvalue weighted by Crippen LogP contribution is -2.40. The molecule has 0 aliphatic carbocycles. The van der Waals surface area contributed by atoms with E-state index in [9.17, 15) is 5.11 Å². The number of benzene rings is 2. The number of methoxy groups -OCH3 is 1. The Morgan fingerprint density at radius 1 is 1.07 bits per heavy atom. The molecule has 2 aromatic carbocycles. The van der Waals surface area contributed by atoms with Gasteiger partial charge in [0.05, 0.1) is 20.3 Å². The van der Waals surface area contributed by atoms with Crippen LogP contribution in [0, 0.1) is 0 Å². The number of rotatable bonds is 11. The van der Waals surface area contributed by atoms with Crippen molar-refractivity contribution in [2.45, 2.75) is 18.9 Å². The van der Waals surface area contributed by atoms with Crippen molar-refractivity contribution in [1.29, 1.82) is 0 Å². The summed E-state index contributed by atoms with van der Waals surface area (Å²) >= 11 is 0. The van der Waals surface area contributed by atoms with Crippen LogP contribution in [0.1, 0.15) is 23.5 Å². The van der Waals surface area contributed by atoms with Gasteiger partial charge in [0.15, 0.2) is 5.96 Å². The number of aliphatic imine (C=N–C) groups is 1. The van der Waals surface area contributed by atoms with Crippen LogP contribution in [0.2, 0.25) is 0 Å². The van der Waals surface area contributed by atoms with Crippen molar-refractivity contribution < 1.29 is 14.6 Å². The average Bonchev–Trinajstić information content (AvgIpc) is 2.76. The Kier molecular flexibility index (Phi) is 9.89. The van der Waals surface area contributed by atoms with E-state index in [1.165, 1.54) is 0 Å². The maximum atomic E-state index is 9.64. The van der Waals surface area contributed by atoms with Crippen LogP contribution in [0.15, 0.2) is 59.6 Å². The second kappa shape index (κ2) is 12.8. The van der Waals surface area contributed by atoms with E-state index in [4.69, 9.17) is 9.47 Å². The van der Waals surface area contributed by atoms with Gasteiger partial charge in [0, 0.05) is 32.7 Å². The van der Waals surface area contributed by atoms with Crippen molar-refractivity contribution in [3.8, 4) is 5.75 Å². The van der Waals surface area contributed by atoms with Crippen molar-refractivity contribution >= 4 is 5.96 Å². The first kappa shape index (κ1) is 21.7. The second-order valence-electron chi connectivity index (χ2n) is 6.42. The average molecular weight is 386 g/mol. The summed E-state index contributed by atoms with van der Waals surface area (Å²) in [6.45, 7) is 2.73. The van der Waals surface area contributed by atoms with Crippen molar-refractivity contribution in [3.63, 3.8) is 0 Å². The van der Waals surface area contributed by atoms with E-state index in [0.29, 0.717) is 19.8 Å². The SMILES string of the molecule is CN=C(NCCCOCc1ccc(OC)cc1)NCC(CO)c1ccccc1. The molecule has 0 bridgehead atoms. The molecule has 28 heavy (non-hydrogen) atoms. The van der Waals surface area contributed by atoms with Gasteiger partial charge in [-0.25, -0.2) is 0 Å². The van der Waals surface area contributed by atoms with Gasteiger partial charge in [-0.2, -0.15) is 0 Å². The molecule has 0 fully saturated rings. The molecule has 152 valence electrons. The van der Waals surface area contributed by atoms with E-state index in [1.807, 2.05) is 54.6 Å². The molecular weight excluding hydrogens is 354 g/mol. The fourth-order valence-electron chi connectivity index (χ4n) is 2.75. The van der Waals surface area contributed by atoms with Crippen LogP contribution < -0.4 is 15.4 Å². The number of hydrogen-bond donors (Lipinski definition) is 3. The van der Waals surface area contributed by atoms with Gasteiger partial charge >= 0.3 is 0 Å². The number of aliphatic hydroxyl groups excluding tert-OH is 1. The molecule has 6 heteroatoms.